The van der Waals surface area contributed by atoms with Crippen molar-refractivity contribution in [3.05, 3.63) is 70.3 Å². The first-order chi connectivity index (χ1) is 14.4. The van der Waals surface area contributed by atoms with Crippen LogP contribution < -0.4 is 16.1 Å². The molecule has 4 aromatic rings. The Morgan fingerprint density at radius 3 is 2.70 bits per heavy atom. The molecular weight excluding hydrogens is 414 g/mol. The van der Waals surface area contributed by atoms with Crippen molar-refractivity contribution < 1.29 is 13.5 Å². The van der Waals surface area contributed by atoms with Gasteiger partial charge >= 0.3 is 6.61 Å². The minimum Gasteiger partial charge on any atom is -0.435 e. The monoisotopic (exact) mass is 430 g/mol. The summed E-state index contributed by atoms with van der Waals surface area (Å²) in [6.07, 6.45) is 1.68. The summed E-state index contributed by atoms with van der Waals surface area (Å²) in [6.45, 7) is -1.00. The highest BCUT2D eigenvalue weighted by Gasteiger charge is 2.14. The van der Waals surface area contributed by atoms with Crippen LogP contribution in [0.15, 0.2) is 58.6 Å². The number of ether oxygens (including phenoxy) is 1. The van der Waals surface area contributed by atoms with Gasteiger partial charge in [0.05, 0.1) is 5.69 Å². The number of rotatable bonds is 6. The van der Waals surface area contributed by atoms with E-state index in [1.54, 1.807) is 24.4 Å². The van der Waals surface area contributed by atoms with E-state index in [1.807, 2.05) is 13.0 Å². The molecule has 1 aromatic carbocycles. The lowest BCUT2D eigenvalue weighted by Crippen LogP contribution is -2.16. The van der Waals surface area contributed by atoms with E-state index in [-0.39, 0.29) is 11.3 Å². The van der Waals surface area contributed by atoms with E-state index >= 15 is 0 Å². The summed E-state index contributed by atoms with van der Waals surface area (Å²) in [7, 11) is 0. The zero-order valence-electron chi connectivity index (χ0n) is 15.7. The molecule has 0 radical (unpaired) electrons. The number of nitrogens with zero attached hydrogens (tertiary/aromatic N) is 5. The SMILES string of the molecule is Cc1cccn2c(=O)cc(CSc3nnc(-c4ccc(OC(F)F)cc4)n3N)nc12. The summed E-state index contributed by atoms with van der Waals surface area (Å²) in [5, 5.41) is 8.55. The van der Waals surface area contributed by atoms with Crippen molar-refractivity contribution >= 4 is 17.4 Å². The lowest BCUT2D eigenvalue weighted by Gasteiger charge is -2.07. The van der Waals surface area contributed by atoms with Gasteiger partial charge in [0.25, 0.3) is 5.56 Å². The molecular formula is C19H16F2N6O2S. The van der Waals surface area contributed by atoms with Crippen LogP contribution in [-0.2, 0) is 5.75 Å². The number of benzene rings is 1. The number of nitrogens with two attached hydrogens (primary N) is 1. The Bertz CT molecular complexity index is 1260. The van der Waals surface area contributed by atoms with Gasteiger partial charge in [-0.05, 0) is 42.8 Å². The number of thioether (sulfide) groups is 1. The van der Waals surface area contributed by atoms with Crippen LogP contribution in [-0.4, -0.2) is 30.9 Å². The fraction of sp³-hybridized carbons (Fsp3) is 0.158. The van der Waals surface area contributed by atoms with E-state index in [4.69, 9.17) is 5.84 Å². The number of fused-ring (bicyclic) bond motifs is 1. The Morgan fingerprint density at radius 2 is 1.97 bits per heavy atom. The van der Waals surface area contributed by atoms with Gasteiger partial charge in [0.2, 0.25) is 5.16 Å². The van der Waals surface area contributed by atoms with Gasteiger partial charge in [-0.1, -0.05) is 17.8 Å². The van der Waals surface area contributed by atoms with Crippen molar-refractivity contribution in [3.63, 3.8) is 0 Å². The van der Waals surface area contributed by atoms with E-state index in [0.717, 1.165) is 5.56 Å². The second-order valence-corrected chi connectivity index (χ2v) is 7.28. The Morgan fingerprint density at radius 1 is 1.20 bits per heavy atom. The van der Waals surface area contributed by atoms with E-state index in [0.29, 0.717) is 33.6 Å². The second kappa shape index (κ2) is 8.11. The molecule has 0 saturated heterocycles. The number of alkyl halides is 2. The molecule has 3 heterocycles. The van der Waals surface area contributed by atoms with Gasteiger partial charge in [-0.15, -0.1) is 10.2 Å². The highest BCUT2D eigenvalue weighted by Crippen LogP contribution is 2.25. The molecule has 0 bridgehead atoms. The highest BCUT2D eigenvalue weighted by molar-refractivity contribution is 7.98. The minimum atomic E-state index is -2.89. The summed E-state index contributed by atoms with van der Waals surface area (Å²) in [5.41, 5.74) is 2.51. The number of aryl methyl sites for hydroxylation is 1. The molecule has 0 aliphatic carbocycles. The first-order valence-corrected chi connectivity index (χ1v) is 9.77. The van der Waals surface area contributed by atoms with Crippen molar-refractivity contribution in [2.24, 2.45) is 0 Å². The second-order valence-electron chi connectivity index (χ2n) is 6.34. The Kier molecular flexibility index (Phi) is 5.36. The van der Waals surface area contributed by atoms with Crippen molar-refractivity contribution in [1.82, 2.24) is 24.3 Å². The summed E-state index contributed by atoms with van der Waals surface area (Å²) >= 11 is 1.28. The molecule has 154 valence electrons. The fourth-order valence-corrected chi connectivity index (χ4v) is 3.63. The topological polar surface area (TPSA) is 100 Å². The third kappa shape index (κ3) is 3.96. The van der Waals surface area contributed by atoms with E-state index in [1.165, 1.54) is 39.0 Å². The number of nitrogen functional groups attached to an aromatic ring is 1. The van der Waals surface area contributed by atoms with Crippen LogP contribution in [0.2, 0.25) is 0 Å². The van der Waals surface area contributed by atoms with Gasteiger partial charge in [-0.25, -0.2) is 9.66 Å². The lowest BCUT2D eigenvalue weighted by atomic mass is 10.2. The van der Waals surface area contributed by atoms with Crippen molar-refractivity contribution in [3.8, 4) is 17.1 Å². The number of pyridine rings is 1. The summed E-state index contributed by atoms with van der Waals surface area (Å²) in [4.78, 5) is 16.9. The summed E-state index contributed by atoms with van der Waals surface area (Å²) in [6, 6.07) is 11.1. The van der Waals surface area contributed by atoms with Crippen molar-refractivity contribution in [2.45, 2.75) is 24.4 Å². The van der Waals surface area contributed by atoms with Crippen LogP contribution in [0.1, 0.15) is 11.3 Å². The molecule has 0 saturated carbocycles. The molecule has 0 amide bonds. The van der Waals surface area contributed by atoms with Crippen LogP contribution in [0, 0.1) is 6.92 Å². The maximum atomic E-state index is 12.3. The van der Waals surface area contributed by atoms with Gasteiger partial charge in [-0.3, -0.25) is 9.20 Å². The predicted octanol–water partition coefficient (Wildman–Crippen LogP) is 2.87. The highest BCUT2D eigenvalue weighted by atomic mass is 32.2. The first-order valence-electron chi connectivity index (χ1n) is 8.79. The molecule has 0 fully saturated rings. The molecule has 30 heavy (non-hydrogen) atoms. The van der Waals surface area contributed by atoms with Gasteiger partial charge in [-0.2, -0.15) is 8.78 Å². The van der Waals surface area contributed by atoms with E-state index in [2.05, 4.69) is 19.9 Å². The van der Waals surface area contributed by atoms with Crippen LogP contribution in [0.4, 0.5) is 8.78 Å². The predicted molar refractivity (Wildman–Crippen MR) is 108 cm³/mol. The van der Waals surface area contributed by atoms with Crippen LogP contribution in [0.5, 0.6) is 5.75 Å². The summed E-state index contributed by atoms with van der Waals surface area (Å²) in [5.74, 6) is 6.87. The Labute approximate surface area is 173 Å². The molecule has 3 aromatic heterocycles. The molecule has 11 heteroatoms. The molecule has 0 atom stereocenters. The molecule has 4 rings (SSSR count). The number of hydrogen-bond acceptors (Lipinski definition) is 7. The maximum absolute atomic E-state index is 12.3. The van der Waals surface area contributed by atoms with E-state index in [9.17, 15) is 13.6 Å². The van der Waals surface area contributed by atoms with Gasteiger partial charge in [0, 0.05) is 23.6 Å². The third-order valence-corrected chi connectivity index (χ3v) is 5.27. The van der Waals surface area contributed by atoms with Gasteiger partial charge < -0.3 is 10.6 Å². The van der Waals surface area contributed by atoms with Crippen molar-refractivity contribution in [1.29, 1.82) is 0 Å². The average molecular weight is 430 g/mol. The standard InChI is InChI=1S/C19H16F2N6O2S/c1-11-3-2-8-26-15(28)9-13(23-16(11)26)10-30-19-25-24-17(27(19)22)12-4-6-14(7-5-12)29-18(20)21/h2-9,18H,10,22H2,1H3. The first kappa shape index (κ1) is 19.8. The normalized spacial score (nSPS) is 11.3. The van der Waals surface area contributed by atoms with Crippen LogP contribution in [0.3, 0.4) is 0 Å². The Hall–Kier alpha value is -3.47. The smallest absolute Gasteiger partial charge is 0.387 e. The van der Waals surface area contributed by atoms with Crippen molar-refractivity contribution in [2.75, 3.05) is 5.84 Å². The quantitative estimate of drug-likeness (QED) is 0.371. The number of aromatic nitrogens is 5. The largest absolute Gasteiger partial charge is 0.435 e. The molecule has 2 N–H and O–H groups in total. The van der Waals surface area contributed by atoms with Crippen LogP contribution >= 0.6 is 11.8 Å². The molecule has 0 aliphatic heterocycles. The maximum Gasteiger partial charge on any atom is 0.387 e. The summed E-state index contributed by atoms with van der Waals surface area (Å²) < 4.78 is 31.7. The number of halogens is 2. The van der Waals surface area contributed by atoms with E-state index < -0.39 is 6.61 Å². The lowest BCUT2D eigenvalue weighted by molar-refractivity contribution is -0.0498. The van der Waals surface area contributed by atoms with Gasteiger partial charge in [0.15, 0.2) is 5.82 Å². The fourth-order valence-electron chi connectivity index (χ4n) is 2.88. The molecule has 0 unspecified atom stereocenters. The average Bonchev–Trinajstić information content (AvgIpc) is 3.08. The van der Waals surface area contributed by atoms with Gasteiger partial charge in [0.1, 0.15) is 11.4 Å². The minimum absolute atomic E-state index is 0.0374. The molecule has 8 nitrogen and oxygen atoms in total. The Balaban J connectivity index is 1.53. The molecule has 0 spiro atoms. The van der Waals surface area contributed by atoms with Crippen LogP contribution in [0.25, 0.3) is 17.0 Å². The zero-order chi connectivity index (χ0) is 21.3. The molecule has 0 aliphatic rings. The zero-order valence-corrected chi connectivity index (χ0v) is 16.5. The third-order valence-electron chi connectivity index (χ3n) is 4.29. The number of hydrogen-bond donors (Lipinski definition) is 1.